The van der Waals surface area contributed by atoms with Crippen LogP contribution in [0.25, 0.3) is 33.1 Å². The summed E-state index contributed by atoms with van der Waals surface area (Å²) in [7, 11) is 4.18. The van der Waals surface area contributed by atoms with Gasteiger partial charge in [0.25, 0.3) is 0 Å². The summed E-state index contributed by atoms with van der Waals surface area (Å²) in [6.45, 7) is 5.91. The van der Waals surface area contributed by atoms with Gasteiger partial charge in [0.1, 0.15) is 5.82 Å². The van der Waals surface area contributed by atoms with Crippen molar-refractivity contribution < 1.29 is 0 Å². The number of aromatic nitrogens is 2. The maximum absolute atomic E-state index is 4.88. The molecule has 0 fully saturated rings. The first-order chi connectivity index (χ1) is 14.6. The maximum Gasteiger partial charge on any atom is 0.162 e. The van der Waals surface area contributed by atoms with Crippen molar-refractivity contribution in [2.75, 3.05) is 32.5 Å². The summed E-state index contributed by atoms with van der Waals surface area (Å²) in [5, 5.41) is 6.96. The highest BCUT2D eigenvalue weighted by molar-refractivity contribution is 9.10. The fraction of sp³-hybridized carbons (Fsp3) is 0.280. The third-order valence-corrected chi connectivity index (χ3v) is 5.40. The Labute approximate surface area is 187 Å². The number of benzene rings is 3. The summed E-state index contributed by atoms with van der Waals surface area (Å²) in [6, 6.07) is 20.8. The maximum atomic E-state index is 4.88. The molecule has 0 aliphatic heterocycles. The molecular weight excluding hydrogens is 436 g/mol. The van der Waals surface area contributed by atoms with E-state index in [1.165, 1.54) is 10.8 Å². The monoisotopic (exact) mass is 464 g/mol. The molecule has 0 saturated carbocycles. The Morgan fingerprint density at radius 1 is 0.900 bits per heavy atom. The van der Waals surface area contributed by atoms with Gasteiger partial charge in [-0.3, -0.25) is 0 Å². The van der Waals surface area contributed by atoms with Crippen molar-refractivity contribution in [3.05, 3.63) is 65.1 Å². The summed E-state index contributed by atoms with van der Waals surface area (Å²) in [5.41, 5.74) is 1.95. The van der Waals surface area contributed by atoms with Gasteiger partial charge >= 0.3 is 0 Å². The molecule has 0 atom stereocenters. The summed E-state index contributed by atoms with van der Waals surface area (Å²) in [6.07, 6.45) is 1.05. The lowest BCUT2D eigenvalue weighted by molar-refractivity contribution is 0.405. The highest BCUT2D eigenvalue weighted by atomic mass is 79.9. The smallest absolute Gasteiger partial charge is 0.162 e. The molecule has 5 heteroatoms. The summed E-state index contributed by atoms with van der Waals surface area (Å²) in [4.78, 5) is 11.9. The van der Waals surface area contributed by atoms with Crippen LogP contribution < -0.4 is 5.32 Å². The molecule has 0 radical (unpaired) electrons. The topological polar surface area (TPSA) is 41.0 Å². The highest BCUT2D eigenvalue weighted by Gasteiger charge is 2.12. The molecule has 1 N–H and O–H groups in total. The van der Waals surface area contributed by atoms with E-state index in [1.807, 2.05) is 26.0 Å². The molecule has 4 nitrogen and oxygen atoms in total. The number of hydrogen-bond acceptors (Lipinski definition) is 4. The molecular formula is C25H29BrN4. The standard InChI is InChI=1S/C23H23BrN4.C2H6/c1-28(2)14-6-13-25-23-19-9-5-10-20(24)21(19)26-22(27-23)18-12-11-16-7-3-4-8-17(16)15-18;1-2/h3-5,7-12,15H,6,13-14H2,1-2H3,(H,25,26,27);1-2H3. The number of para-hydroxylation sites is 1. The molecule has 156 valence electrons. The van der Waals surface area contributed by atoms with Crippen molar-refractivity contribution in [3.8, 4) is 11.4 Å². The van der Waals surface area contributed by atoms with Crippen LogP contribution in [0.4, 0.5) is 5.82 Å². The van der Waals surface area contributed by atoms with E-state index in [4.69, 9.17) is 9.97 Å². The molecule has 1 heterocycles. The van der Waals surface area contributed by atoms with Gasteiger partial charge in [-0.15, -0.1) is 0 Å². The second-order valence-corrected chi connectivity index (χ2v) is 8.03. The lowest BCUT2D eigenvalue weighted by Crippen LogP contribution is -2.17. The van der Waals surface area contributed by atoms with Gasteiger partial charge in [-0.05, 0) is 72.0 Å². The quantitative estimate of drug-likeness (QED) is 0.326. The van der Waals surface area contributed by atoms with Gasteiger partial charge in [0.15, 0.2) is 5.82 Å². The van der Waals surface area contributed by atoms with Crippen LogP contribution in [0.5, 0.6) is 0 Å². The number of anilines is 1. The molecule has 0 amide bonds. The van der Waals surface area contributed by atoms with Crippen LogP contribution >= 0.6 is 15.9 Å². The number of nitrogens with one attached hydrogen (secondary N) is 1. The molecule has 0 unspecified atom stereocenters. The Morgan fingerprint density at radius 2 is 1.67 bits per heavy atom. The molecule has 30 heavy (non-hydrogen) atoms. The Morgan fingerprint density at radius 3 is 2.43 bits per heavy atom. The van der Waals surface area contributed by atoms with Crippen LogP contribution in [-0.4, -0.2) is 42.1 Å². The van der Waals surface area contributed by atoms with E-state index in [1.54, 1.807) is 0 Å². The van der Waals surface area contributed by atoms with E-state index in [9.17, 15) is 0 Å². The minimum atomic E-state index is 0.736. The molecule has 0 aliphatic carbocycles. The van der Waals surface area contributed by atoms with Gasteiger partial charge in [0.2, 0.25) is 0 Å². The van der Waals surface area contributed by atoms with E-state index < -0.39 is 0 Å². The van der Waals surface area contributed by atoms with Crippen molar-refractivity contribution in [2.24, 2.45) is 0 Å². The largest absolute Gasteiger partial charge is 0.369 e. The van der Waals surface area contributed by atoms with Crippen molar-refractivity contribution >= 4 is 43.4 Å². The number of nitrogens with zero attached hydrogens (tertiary/aromatic N) is 3. The van der Waals surface area contributed by atoms with Crippen LogP contribution in [0.3, 0.4) is 0 Å². The molecule has 3 aromatic carbocycles. The average Bonchev–Trinajstić information content (AvgIpc) is 2.78. The molecule has 0 spiro atoms. The Kier molecular flexibility index (Phi) is 7.77. The van der Waals surface area contributed by atoms with Crippen LogP contribution in [0.15, 0.2) is 65.1 Å². The van der Waals surface area contributed by atoms with Gasteiger partial charge < -0.3 is 10.2 Å². The zero-order valence-corrected chi connectivity index (χ0v) is 19.7. The third-order valence-electron chi connectivity index (χ3n) is 4.76. The summed E-state index contributed by atoms with van der Waals surface area (Å²) >= 11 is 3.65. The fourth-order valence-corrected chi connectivity index (χ4v) is 3.77. The van der Waals surface area contributed by atoms with Crippen LogP contribution in [0.1, 0.15) is 20.3 Å². The van der Waals surface area contributed by atoms with E-state index in [0.717, 1.165) is 52.1 Å². The SMILES string of the molecule is CC.CN(C)CCCNc1nc(-c2ccc3ccccc3c2)nc2c(Br)cccc12. The fourth-order valence-electron chi connectivity index (χ4n) is 3.31. The first kappa shape index (κ1) is 22.2. The average molecular weight is 465 g/mol. The Bertz CT molecular complexity index is 1120. The lowest BCUT2D eigenvalue weighted by atomic mass is 10.1. The highest BCUT2D eigenvalue weighted by Crippen LogP contribution is 2.30. The normalized spacial score (nSPS) is 10.9. The van der Waals surface area contributed by atoms with E-state index in [0.29, 0.717) is 0 Å². The zero-order chi connectivity index (χ0) is 21.5. The van der Waals surface area contributed by atoms with E-state index >= 15 is 0 Å². The van der Waals surface area contributed by atoms with Gasteiger partial charge in [0.05, 0.1) is 5.52 Å². The molecule has 4 rings (SSSR count). The lowest BCUT2D eigenvalue weighted by Gasteiger charge is -2.13. The second kappa shape index (κ2) is 10.5. The van der Waals surface area contributed by atoms with E-state index in [2.05, 4.69) is 88.8 Å². The summed E-state index contributed by atoms with van der Waals surface area (Å²) in [5.74, 6) is 1.62. The Balaban J connectivity index is 0.00000124. The molecule has 4 aromatic rings. The van der Waals surface area contributed by atoms with Gasteiger partial charge in [-0.1, -0.05) is 56.3 Å². The minimum Gasteiger partial charge on any atom is -0.369 e. The van der Waals surface area contributed by atoms with Gasteiger partial charge in [-0.25, -0.2) is 9.97 Å². The molecule has 1 aromatic heterocycles. The second-order valence-electron chi connectivity index (χ2n) is 7.18. The summed E-state index contributed by atoms with van der Waals surface area (Å²) < 4.78 is 0.978. The first-order valence-corrected chi connectivity index (χ1v) is 11.3. The van der Waals surface area contributed by atoms with Crippen LogP contribution in [0, 0.1) is 0 Å². The van der Waals surface area contributed by atoms with Crippen LogP contribution in [0.2, 0.25) is 0 Å². The predicted octanol–water partition coefficient (Wildman–Crippen LogP) is 6.60. The van der Waals surface area contributed by atoms with Crippen LogP contribution in [-0.2, 0) is 0 Å². The Hall–Kier alpha value is -2.50. The minimum absolute atomic E-state index is 0.736. The number of hydrogen-bond donors (Lipinski definition) is 1. The number of fused-ring (bicyclic) bond motifs is 2. The van der Waals surface area contributed by atoms with Crippen molar-refractivity contribution in [1.29, 1.82) is 0 Å². The zero-order valence-electron chi connectivity index (χ0n) is 18.1. The molecule has 0 aliphatic rings. The molecule has 0 saturated heterocycles. The predicted molar refractivity (Wildman–Crippen MR) is 133 cm³/mol. The number of rotatable bonds is 6. The number of halogens is 1. The van der Waals surface area contributed by atoms with E-state index in [-0.39, 0.29) is 0 Å². The van der Waals surface area contributed by atoms with Crippen molar-refractivity contribution in [3.63, 3.8) is 0 Å². The van der Waals surface area contributed by atoms with Gasteiger partial charge in [0, 0.05) is 22.0 Å². The van der Waals surface area contributed by atoms with Gasteiger partial charge in [-0.2, -0.15) is 0 Å². The first-order valence-electron chi connectivity index (χ1n) is 10.5. The van der Waals surface area contributed by atoms with Crippen molar-refractivity contribution in [2.45, 2.75) is 20.3 Å². The third kappa shape index (κ3) is 5.15. The van der Waals surface area contributed by atoms with Crippen molar-refractivity contribution in [1.82, 2.24) is 14.9 Å². The molecule has 0 bridgehead atoms.